The topological polar surface area (TPSA) is 98.7 Å². The molecule has 11 heteroatoms. The number of nitrogens with zero attached hydrogens (tertiary/aromatic N) is 4. The average Bonchev–Trinajstić information content (AvgIpc) is 3.02. The largest absolute Gasteiger partial charge is 0.416 e. The molecule has 146 valence electrons. The van der Waals surface area contributed by atoms with Gasteiger partial charge in [0, 0.05) is 23.6 Å². The third kappa shape index (κ3) is 4.42. The van der Waals surface area contributed by atoms with Gasteiger partial charge in [0.25, 0.3) is 0 Å². The lowest BCUT2D eigenvalue weighted by atomic mass is 10.2. The normalized spacial score (nSPS) is 12.6. The molecule has 0 saturated carbocycles. The summed E-state index contributed by atoms with van der Waals surface area (Å²) in [6.45, 7) is 1.59. The van der Waals surface area contributed by atoms with Crippen LogP contribution in [0, 0.1) is 0 Å². The first-order chi connectivity index (χ1) is 13.3. The lowest BCUT2D eigenvalue weighted by Gasteiger charge is -2.13. The fourth-order valence-corrected chi connectivity index (χ4v) is 3.05. The Morgan fingerprint density at radius 1 is 1.25 bits per heavy atom. The van der Waals surface area contributed by atoms with Crippen molar-refractivity contribution in [1.82, 2.24) is 19.9 Å². The van der Waals surface area contributed by atoms with E-state index in [1.165, 1.54) is 16.8 Å². The van der Waals surface area contributed by atoms with Crippen molar-refractivity contribution in [3.8, 4) is 11.4 Å². The molecule has 0 aliphatic rings. The molecule has 1 amide bonds. The number of amides is 1. The summed E-state index contributed by atoms with van der Waals surface area (Å²) >= 11 is 1.03. The number of hydrogen-bond donors (Lipinski definition) is 2. The average molecular weight is 408 g/mol. The maximum Gasteiger partial charge on any atom is 0.416 e. The van der Waals surface area contributed by atoms with Crippen LogP contribution in [-0.2, 0) is 11.0 Å². The number of carbonyl (C=O) groups excluding carboxylic acids is 1. The highest BCUT2D eigenvalue weighted by atomic mass is 32.2. The second-order valence-corrected chi connectivity index (χ2v) is 7.05. The number of nitrogens with two attached hydrogens (primary N) is 1. The molecule has 3 N–H and O–H groups in total. The van der Waals surface area contributed by atoms with Gasteiger partial charge in [0.05, 0.1) is 10.8 Å². The van der Waals surface area contributed by atoms with Gasteiger partial charge in [-0.05, 0) is 37.3 Å². The van der Waals surface area contributed by atoms with Gasteiger partial charge in [-0.25, -0.2) is 4.68 Å². The molecule has 28 heavy (non-hydrogen) atoms. The molecule has 1 unspecified atom stereocenters. The summed E-state index contributed by atoms with van der Waals surface area (Å²) in [7, 11) is 0. The number of anilines is 1. The van der Waals surface area contributed by atoms with Crippen LogP contribution in [0.1, 0.15) is 12.5 Å². The van der Waals surface area contributed by atoms with Gasteiger partial charge in [-0.3, -0.25) is 9.78 Å². The van der Waals surface area contributed by atoms with Crippen molar-refractivity contribution < 1.29 is 18.0 Å². The first-order valence-corrected chi connectivity index (χ1v) is 8.89. The molecule has 2 aromatic heterocycles. The number of thioether (sulfide) groups is 1. The van der Waals surface area contributed by atoms with Gasteiger partial charge in [-0.15, -0.1) is 10.2 Å². The van der Waals surface area contributed by atoms with Crippen LogP contribution >= 0.6 is 11.8 Å². The molecule has 1 aromatic carbocycles. The van der Waals surface area contributed by atoms with Crippen LogP contribution in [0.15, 0.2) is 53.9 Å². The minimum absolute atomic E-state index is 0.0533. The van der Waals surface area contributed by atoms with E-state index in [9.17, 15) is 18.0 Å². The van der Waals surface area contributed by atoms with Gasteiger partial charge in [0.15, 0.2) is 5.82 Å². The summed E-state index contributed by atoms with van der Waals surface area (Å²) in [5, 5.41) is 10.0. The van der Waals surface area contributed by atoms with E-state index in [0.29, 0.717) is 11.4 Å². The highest BCUT2D eigenvalue weighted by Crippen LogP contribution is 2.31. The van der Waals surface area contributed by atoms with Crippen LogP contribution in [-0.4, -0.2) is 31.0 Å². The van der Waals surface area contributed by atoms with Crippen LogP contribution in [0.2, 0.25) is 0 Å². The predicted octanol–water partition coefficient (Wildman–Crippen LogP) is 3.19. The third-order valence-corrected chi connectivity index (χ3v) is 4.75. The molecule has 0 fully saturated rings. The van der Waals surface area contributed by atoms with Gasteiger partial charge in [-0.2, -0.15) is 13.2 Å². The van der Waals surface area contributed by atoms with Gasteiger partial charge >= 0.3 is 6.18 Å². The van der Waals surface area contributed by atoms with Crippen LogP contribution in [0.3, 0.4) is 0 Å². The first-order valence-electron chi connectivity index (χ1n) is 8.01. The van der Waals surface area contributed by atoms with Crippen molar-refractivity contribution >= 4 is 23.4 Å². The molecule has 1 atom stereocenters. The van der Waals surface area contributed by atoms with E-state index in [-0.39, 0.29) is 10.8 Å². The van der Waals surface area contributed by atoms with E-state index >= 15 is 0 Å². The van der Waals surface area contributed by atoms with Crippen molar-refractivity contribution in [3.05, 3.63) is 54.4 Å². The Hall–Kier alpha value is -3.08. The number of benzene rings is 1. The highest BCUT2D eigenvalue weighted by Gasteiger charge is 2.30. The van der Waals surface area contributed by atoms with Crippen molar-refractivity contribution in [2.24, 2.45) is 0 Å². The van der Waals surface area contributed by atoms with E-state index in [2.05, 4.69) is 20.5 Å². The van der Waals surface area contributed by atoms with Crippen LogP contribution < -0.4 is 11.2 Å². The maximum atomic E-state index is 12.8. The summed E-state index contributed by atoms with van der Waals surface area (Å²) in [5.74, 6) is 5.88. The monoisotopic (exact) mass is 408 g/mol. The molecular weight excluding hydrogens is 393 g/mol. The fraction of sp³-hybridized carbons (Fsp3) is 0.176. The van der Waals surface area contributed by atoms with Gasteiger partial charge in [0.1, 0.15) is 0 Å². The number of aromatic nitrogens is 4. The minimum atomic E-state index is -4.49. The number of rotatable bonds is 5. The van der Waals surface area contributed by atoms with Crippen molar-refractivity contribution in [2.45, 2.75) is 23.5 Å². The van der Waals surface area contributed by atoms with E-state index in [1.54, 1.807) is 31.5 Å². The summed E-state index contributed by atoms with van der Waals surface area (Å²) < 4.78 is 39.6. The summed E-state index contributed by atoms with van der Waals surface area (Å²) in [4.78, 5) is 16.3. The Bertz CT molecular complexity index is 977. The molecule has 0 radical (unpaired) electrons. The van der Waals surface area contributed by atoms with E-state index in [4.69, 9.17) is 5.84 Å². The molecule has 3 rings (SSSR count). The number of pyridine rings is 1. The molecular formula is C17H15F3N6OS. The number of alkyl halides is 3. The maximum absolute atomic E-state index is 12.8. The smallest absolute Gasteiger partial charge is 0.335 e. The SMILES string of the molecule is CC(Sc1nnc(-c2cccnc2)n1N)C(=O)Nc1cccc(C(F)(F)F)c1. The van der Waals surface area contributed by atoms with Gasteiger partial charge in [-0.1, -0.05) is 17.8 Å². The Morgan fingerprint density at radius 3 is 2.71 bits per heavy atom. The van der Waals surface area contributed by atoms with Crippen LogP contribution in [0.25, 0.3) is 11.4 Å². The number of halogens is 3. The lowest BCUT2D eigenvalue weighted by Crippen LogP contribution is -2.24. The van der Waals surface area contributed by atoms with Gasteiger partial charge < -0.3 is 11.2 Å². The molecule has 0 aliphatic heterocycles. The predicted molar refractivity (Wildman–Crippen MR) is 98.8 cm³/mol. The highest BCUT2D eigenvalue weighted by molar-refractivity contribution is 8.00. The molecule has 7 nitrogen and oxygen atoms in total. The Morgan fingerprint density at radius 2 is 2.04 bits per heavy atom. The van der Waals surface area contributed by atoms with Gasteiger partial charge in [0.2, 0.25) is 11.1 Å². The zero-order chi connectivity index (χ0) is 20.3. The molecule has 3 aromatic rings. The van der Waals surface area contributed by atoms with Crippen LogP contribution in [0.4, 0.5) is 18.9 Å². The summed E-state index contributed by atoms with van der Waals surface area (Å²) in [6, 6.07) is 7.91. The van der Waals surface area contributed by atoms with Crippen molar-refractivity contribution in [1.29, 1.82) is 0 Å². The zero-order valence-electron chi connectivity index (χ0n) is 14.5. The Kier molecular flexibility index (Phi) is 5.54. The number of carbonyl (C=O) groups is 1. The number of hydrogen-bond acceptors (Lipinski definition) is 6. The first kappa shape index (κ1) is 19.7. The summed E-state index contributed by atoms with van der Waals surface area (Å²) in [5.41, 5.74) is -0.128. The van der Waals surface area contributed by atoms with Crippen molar-refractivity contribution in [2.75, 3.05) is 11.2 Å². The van der Waals surface area contributed by atoms with Crippen molar-refractivity contribution in [3.63, 3.8) is 0 Å². The van der Waals surface area contributed by atoms with E-state index in [1.807, 2.05) is 0 Å². The molecule has 0 spiro atoms. The second-order valence-electron chi connectivity index (χ2n) is 5.75. The van der Waals surface area contributed by atoms with E-state index < -0.39 is 22.9 Å². The standard InChI is InChI=1S/C17H15F3N6OS/c1-10(15(27)23-13-6-2-5-12(8-13)17(18,19)20)28-16-25-24-14(26(16)21)11-4-3-7-22-9-11/h2-10H,21H2,1H3,(H,23,27). The molecule has 0 bridgehead atoms. The zero-order valence-corrected chi connectivity index (χ0v) is 15.3. The fourth-order valence-electron chi connectivity index (χ4n) is 2.28. The third-order valence-electron chi connectivity index (χ3n) is 3.69. The van der Waals surface area contributed by atoms with Crippen LogP contribution in [0.5, 0.6) is 0 Å². The molecule has 0 saturated heterocycles. The Labute approximate surface area is 162 Å². The van der Waals surface area contributed by atoms with E-state index in [0.717, 1.165) is 23.9 Å². The second kappa shape index (κ2) is 7.89. The lowest BCUT2D eigenvalue weighted by molar-refractivity contribution is -0.137. The number of nitrogens with one attached hydrogen (secondary N) is 1. The summed E-state index contributed by atoms with van der Waals surface area (Å²) in [6.07, 6.45) is -1.30. The molecule has 2 heterocycles. The quantitative estimate of drug-likeness (QED) is 0.497. The molecule has 0 aliphatic carbocycles. The minimum Gasteiger partial charge on any atom is -0.335 e. The number of nitrogen functional groups attached to an aromatic ring is 1. The Balaban J connectivity index is 1.69.